The number of ether oxygens (including phenoxy) is 1. The van der Waals surface area contributed by atoms with Crippen LogP contribution in [0.4, 0.5) is 10.5 Å². The number of fused-ring (bicyclic) bond motifs is 1. The van der Waals surface area contributed by atoms with Crippen LogP contribution in [0.15, 0.2) is 90.5 Å². The molecule has 37 heavy (non-hydrogen) atoms. The SMILES string of the molecule is CCc1ccccc1N1C(=O)NC(=O)/C(=C/c2ccc(OCc3c(C)ccc4ccccc34)cc2)C1=O. The lowest BCUT2D eigenvalue weighted by molar-refractivity contribution is -0.122. The van der Waals surface area contributed by atoms with E-state index in [1.165, 1.54) is 6.08 Å². The van der Waals surface area contributed by atoms with Crippen LogP contribution in [0.25, 0.3) is 16.8 Å². The van der Waals surface area contributed by atoms with Gasteiger partial charge in [-0.1, -0.05) is 73.7 Å². The Morgan fingerprint density at radius 2 is 1.59 bits per heavy atom. The molecule has 0 atom stereocenters. The summed E-state index contributed by atoms with van der Waals surface area (Å²) in [6.45, 7) is 4.43. The van der Waals surface area contributed by atoms with Crippen LogP contribution in [0.2, 0.25) is 0 Å². The van der Waals surface area contributed by atoms with E-state index in [4.69, 9.17) is 4.74 Å². The van der Waals surface area contributed by atoms with Crippen LogP contribution < -0.4 is 15.0 Å². The summed E-state index contributed by atoms with van der Waals surface area (Å²) in [6, 6.07) is 26.0. The molecule has 0 aromatic heterocycles. The van der Waals surface area contributed by atoms with E-state index in [2.05, 4.69) is 36.5 Å². The predicted molar refractivity (Wildman–Crippen MR) is 144 cm³/mol. The highest BCUT2D eigenvalue weighted by molar-refractivity contribution is 6.39. The number of nitrogens with zero attached hydrogens (tertiary/aromatic N) is 1. The topological polar surface area (TPSA) is 75.7 Å². The van der Waals surface area contributed by atoms with E-state index in [0.717, 1.165) is 32.4 Å². The van der Waals surface area contributed by atoms with Crippen LogP contribution in [0.5, 0.6) is 5.75 Å². The third-order valence-corrected chi connectivity index (χ3v) is 6.56. The molecule has 4 amide bonds. The van der Waals surface area contributed by atoms with E-state index < -0.39 is 17.8 Å². The number of urea groups is 1. The first-order valence-electron chi connectivity index (χ1n) is 12.2. The number of carbonyl (C=O) groups is 3. The summed E-state index contributed by atoms with van der Waals surface area (Å²) >= 11 is 0. The molecule has 1 fully saturated rings. The van der Waals surface area contributed by atoms with Crippen molar-refractivity contribution in [1.82, 2.24) is 5.32 Å². The van der Waals surface area contributed by atoms with Crippen molar-refractivity contribution in [2.45, 2.75) is 26.9 Å². The van der Waals surface area contributed by atoms with Gasteiger partial charge in [0.05, 0.1) is 5.69 Å². The standard InChI is InChI=1S/C31H26N2O4/c1-3-22-8-5-7-11-28(22)33-30(35)26(29(34)32-31(33)36)18-21-13-16-24(17-14-21)37-19-27-20(2)12-15-23-9-4-6-10-25(23)27/h4-18H,3,19H2,1-2H3,(H,32,34,36)/b26-18-. The number of hydrogen-bond donors (Lipinski definition) is 1. The molecule has 0 aliphatic carbocycles. The van der Waals surface area contributed by atoms with Crippen LogP contribution in [0, 0.1) is 6.92 Å². The first kappa shape index (κ1) is 24.0. The molecule has 0 radical (unpaired) electrons. The maximum atomic E-state index is 13.2. The maximum absolute atomic E-state index is 13.2. The average molecular weight is 491 g/mol. The van der Waals surface area contributed by atoms with Gasteiger partial charge in [-0.3, -0.25) is 14.9 Å². The Labute approximate surface area is 215 Å². The Hall–Kier alpha value is -4.71. The molecule has 1 aliphatic heterocycles. The summed E-state index contributed by atoms with van der Waals surface area (Å²) in [4.78, 5) is 39.4. The van der Waals surface area contributed by atoms with Crippen LogP contribution in [-0.2, 0) is 22.6 Å². The quantitative estimate of drug-likeness (QED) is 0.267. The Bertz CT molecular complexity index is 1550. The van der Waals surface area contributed by atoms with E-state index in [0.29, 0.717) is 30.0 Å². The number of aryl methyl sites for hydroxylation is 2. The predicted octanol–water partition coefficient (Wildman–Crippen LogP) is 5.96. The number of para-hydroxylation sites is 1. The molecule has 6 heteroatoms. The monoisotopic (exact) mass is 490 g/mol. The summed E-state index contributed by atoms with van der Waals surface area (Å²) in [7, 11) is 0. The van der Waals surface area contributed by atoms with Gasteiger partial charge in [0.1, 0.15) is 17.9 Å². The van der Waals surface area contributed by atoms with Crippen molar-refractivity contribution < 1.29 is 19.1 Å². The van der Waals surface area contributed by atoms with Gasteiger partial charge >= 0.3 is 6.03 Å². The second-order valence-corrected chi connectivity index (χ2v) is 8.88. The van der Waals surface area contributed by atoms with Gasteiger partial charge < -0.3 is 4.74 Å². The zero-order chi connectivity index (χ0) is 25.9. The number of nitrogens with one attached hydrogen (secondary N) is 1. The Morgan fingerprint density at radius 1 is 0.865 bits per heavy atom. The van der Waals surface area contributed by atoms with Gasteiger partial charge in [0.25, 0.3) is 11.8 Å². The van der Waals surface area contributed by atoms with Gasteiger partial charge in [-0.05, 0) is 65.1 Å². The zero-order valence-electron chi connectivity index (χ0n) is 20.7. The number of rotatable bonds is 6. The number of amides is 4. The number of hydrogen-bond acceptors (Lipinski definition) is 4. The summed E-state index contributed by atoms with van der Waals surface area (Å²) in [5.41, 5.74) is 4.13. The third-order valence-electron chi connectivity index (χ3n) is 6.56. The van der Waals surface area contributed by atoms with E-state index in [-0.39, 0.29) is 5.57 Å². The third kappa shape index (κ3) is 4.74. The minimum atomic E-state index is -0.750. The molecule has 4 aromatic rings. The second kappa shape index (κ2) is 10.1. The fraction of sp³-hybridized carbons (Fsp3) is 0.129. The highest BCUT2D eigenvalue weighted by Gasteiger charge is 2.37. The molecule has 1 saturated heterocycles. The van der Waals surface area contributed by atoms with E-state index in [1.54, 1.807) is 36.4 Å². The Balaban J connectivity index is 1.36. The largest absolute Gasteiger partial charge is 0.489 e. The molecule has 1 N–H and O–H groups in total. The highest BCUT2D eigenvalue weighted by atomic mass is 16.5. The minimum absolute atomic E-state index is 0.106. The van der Waals surface area contributed by atoms with Gasteiger partial charge in [0.2, 0.25) is 0 Å². The molecule has 0 bridgehead atoms. The summed E-state index contributed by atoms with van der Waals surface area (Å²) in [5, 5.41) is 4.61. The lowest BCUT2D eigenvalue weighted by Gasteiger charge is -2.28. The number of imide groups is 2. The maximum Gasteiger partial charge on any atom is 0.335 e. The van der Waals surface area contributed by atoms with Gasteiger partial charge in [-0.25, -0.2) is 9.69 Å². The smallest absolute Gasteiger partial charge is 0.335 e. The Kier molecular flexibility index (Phi) is 6.56. The van der Waals surface area contributed by atoms with Gasteiger partial charge in [0, 0.05) is 5.56 Å². The van der Waals surface area contributed by atoms with Gasteiger partial charge in [-0.15, -0.1) is 0 Å². The van der Waals surface area contributed by atoms with Crippen molar-refractivity contribution in [1.29, 1.82) is 0 Å². The lowest BCUT2D eigenvalue weighted by Crippen LogP contribution is -2.54. The van der Waals surface area contributed by atoms with Crippen LogP contribution in [-0.4, -0.2) is 17.8 Å². The molecule has 1 heterocycles. The molecular weight excluding hydrogens is 464 g/mol. The van der Waals surface area contributed by atoms with Crippen molar-refractivity contribution in [2.75, 3.05) is 4.90 Å². The van der Waals surface area contributed by atoms with Crippen molar-refractivity contribution in [3.8, 4) is 5.75 Å². The van der Waals surface area contributed by atoms with E-state index in [9.17, 15) is 14.4 Å². The minimum Gasteiger partial charge on any atom is -0.489 e. The van der Waals surface area contributed by atoms with Crippen LogP contribution in [0.1, 0.15) is 29.2 Å². The first-order valence-corrected chi connectivity index (χ1v) is 12.2. The number of anilines is 1. The average Bonchev–Trinajstić information content (AvgIpc) is 2.91. The lowest BCUT2D eigenvalue weighted by atomic mass is 10.0. The number of carbonyl (C=O) groups excluding carboxylic acids is 3. The molecule has 1 aliphatic rings. The normalized spacial score (nSPS) is 14.8. The molecule has 0 spiro atoms. The summed E-state index contributed by atoms with van der Waals surface area (Å²) in [5.74, 6) is -0.698. The molecule has 0 saturated carbocycles. The second-order valence-electron chi connectivity index (χ2n) is 8.88. The summed E-state index contributed by atoms with van der Waals surface area (Å²) in [6.07, 6.45) is 2.13. The Morgan fingerprint density at radius 3 is 2.38 bits per heavy atom. The number of barbiturate groups is 1. The van der Waals surface area contributed by atoms with Crippen molar-refractivity contribution >= 4 is 40.4 Å². The molecule has 184 valence electrons. The van der Waals surface area contributed by atoms with Crippen molar-refractivity contribution in [2.24, 2.45) is 0 Å². The highest BCUT2D eigenvalue weighted by Crippen LogP contribution is 2.27. The van der Waals surface area contributed by atoms with Crippen molar-refractivity contribution in [3.05, 3.63) is 113 Å². The molecular formula is C31H26N2O4. The zero-order valence-corrected chi connectivity index (χ0v) is 20.7. The fourth-order valence-corrected chi connectivity index (χ4v) is 4.52. The first-order chi connectivity index (χ1) is 18.0. The van der Waals surface area contributed by atoms with Gasteiger partial charge in [-0.2, -0.15) is 0 Å². The van der Waals surface area contributed by atoms with Crippen LogP contribution in [0.3, 0.4) is 0 Å². The van der Waals surface area contributed by atoms with Crippen LogP contribution >= 0.6 is 0 Å². The summed E-state index contributed by atoms with van der Waals surface area (Å²) < 4.78 is 6.06. The van der Waals surface area contributed by atoms with Crippen molar-refractivity contribution in [3.63, 3.8) is 0 Å². The van der Waals surface area contributed by atoms with E-state index >= 15 is 0 Å². The molecule has 4 aromatic carbocycles. The number of benzene rings is 4. The fourth-order valence-electron chi connectivity index (χ4n) is 4.52. The molecule has 6 nitrogen and oxygen atoms in total. The van der Waals surface area contributed by atoms with Gasteiger partial charge in [0.15, 0.2) is 0 Å². The van der Waals surface area contributed by atoms with E-state index in [1.807, 2.05) is 31.2 Å². The molecule has 0 unspecified atom stereocenters. The molecule has 5 rings (SSSR count).